The van der Waals surface area contributed by atoms with Gasteiger partial charge in [-0.05, 0) is 52.9 Å². The first-order chi connectivity index (χ1) is 10.4. The Hall–Kier alpha value is -0.900. The summed E-state index contributed by atoms with van der Waals surface area (Å²) in [4.78, 5) is 25.7. The Balaban J connectivity index is 4.07. The molecule has 0 aliphatic carbocycles. The normalized spacial score (nSPS) is 12.6. The minimum absolute atomic E-state index is 0.0439. The van der Waals surface area contributed by atoms with Crippen LogP contribution in [0.3, 0.4) is 0 Å². The highest BCUT2D eigenvalue weighted by atomic mass is 16.5. The molecule has 4 heteroatoms. The largest absolute Gasteiger partial charge is 0.368 e. The summed E-state index contributed by atoms with van der Waals surface area (Å²) in [5.41, 5.74) is -0.580. The first-order valence-corrected chi connectivity index (χ1v) is 8.81. The quantitative estimate of drug-likeness (QED) is 0.565. The van der Waals surface area contributed by atoms with Crippen molar-refractivity contribution in [1.29, 1.82) is 0 Å². The fourth-order valence-electron chi connectivity index (χ4n) is 2.20. The van der Waals surface area contributed by atoms with Gasteiger partial charge in [-0.1, -0.05) is 27.2 Å². The number of carbonyl (C=O) groups excluding carboxylic acids is 2. The summed E-state index contributed by atoms with van der Waals surface area (Å²) in [7, 11) is 0. The van der Waals surface area contributed by atoms with E-state index in [0.717, 1.165) is 25.8 Å². The van der Waals surface area contributed by atoms with Crippen molar-refractivity contribution in [2.24, 2.45) is 5.41 Å². The van der Waals surface area contributed by atoms with E-state index < -0.39 is 5.60 Å². The van der Waals surface area contributed by atoms with Gasteiger partial charge in [0.05, 0.1) is 0 Å². The molecule has 23 heavy (non-hydrogen) atoms. The van der Waals surface area contributed by atoms with Crippen molar-refractivity contribution in [1.82, 2.24) is 4.90 Å². The van der Waals surface area contributed by atoms with Crippen LogP contribution >= 0.6 is 0 Å². The van der Waals surface area contributed by atoms with Crippen molar-refractivity contribution in [3.8, 4) is 0 Å². The number of Topliss-reactive ketones (excluding diaryl/α,β-unsaturated/α-hetero) is 1. The number of amides is 1. The fourth-order valence-corrected chi connectivity index (χ4v) is 2.20. The number of rotatable bonds is 10. The van der Waals surface area contributed by atoms with Gasteiger partial charge in [0.2, 0.25) is 5.91 Å². The van der Waals surface area contributed by atoms with Crippen LogP contribution in [0.4, 0.5) is 0 Å². The molecule has 0 aliphatic rings. The summed E-state index contributed by atoms with van der Waals surface area (Å²) >= 11 is 0. The lowest BCUT2D eigenvalue weighted by Gasteiger charge is -2.33. The second-order valence-electron chi connectivity index (χ2n) is 8.40. The van der Waals surface area contributed by atoms with Crippen molar-refractivity contribution >= 4 is 11.7 Å². The molecule has 0 aromatic rings. The lowest BCUT2D eigenvalue weighted by Crippen LogP contribution is -2.42. The maximum Gasteiger partial charge on any atom is 0.222 e. The van der Waals surface area contributed by atoms with Gasteiger partial charge in [0, 0.05) is 25.6 Å². The van der Waals surface area contributed by atoms with Crippen LogP contribution in [0, 0.1) is 5.41 Å². The number of carbonyl (C=O) groups is 2. The maximum absolute atomic E-state index is 12.4. The Morgan fingerprint density at radius 2 is 1.57 bits per heavy atom. The average molecular weight is 328 g/mol. The number of ether oxygens (including phenoxy) is 1. The van der Waals surface area contributed by atoms with E-state index in [2.05, 4.69) is 34.6 Å². The summed E-state index contributed by atoms with van der Waals surface area (Å²) in [5.74, 6) is 0.280. The highest BCUT2D eigenvalue weighted by Gasteiger charge is 2.24. The van der Waals surface area contributed by atoms with E-state index in [1.54, 1.807) is 20.8 Å². The zero-order valence-electron chi connectivity index (χ0n) is 16.5. The topological polar surface area (TPSA) is 46.6 Å². The number of unbranched alkanes of at least 4 members (excludes halogenated alkanes) is 2. The third-order valence-corrected chi connectivity index (χ3v) is 3.93. The predicted molar refractivity (Wildman–Crippen MR) is 95.5 cm³/mol. The van der Waals surface area contributed by atoms with Gasteiger partial charge < -0.3 is 9.64 Å². The maximum atomic E-state index is 12.4. The molecule has 0 aliphatic heterocycles. The smallest absolute Gasteiger partial charge is 0.222 e. The van der Waals surface area contributed by atoms with E-state index in [1.165, 1.54) is 0 Å². The van der Waals surface area contributed by atoms with Gasteiger partial charge >= 0.3 is 0 Å². The van der Waals surface area contributed by atoms with Crippen LogP contribution in [0.25, 0.3) is 0 Å². The Kier molecular flexibility index (Phi) is 9.04. The Bertz CT molecular complexity index is 381. The molecule has 0 N–H and O–H groups in total. The van der Waals surface area contributed by atoms with Crippen LogP contribution in [0.5, 0.6) is 0 Å². The van der Waals surface area contributed by atoms with Gasteiger partial charge in [-0.25, -0.2) is 0 Å². The molecule has 0 radical (unpaired) electrons. The summed E-state index contributed by atoms with van der Waals surface area (Å²) in [6.07, 6.45) is 3.28. The van der Waals surface area contributed by atoms with E-state index in [0.29, 0.717) is 13.0 Å². The Labute approximate surface area is 143 Å². The molecule has 136 valence electrons. The SMILES string of the molecule is CC(=O)C(C)(C)OCCCCCC(=O)N(CC(C)(C)C)C(C)C. The van der Waals surface area contributed by atoms with E-state index >= 15 is 0 Å². The number of ketones is 1. The predicted octanol–water partition coefficient (Wildman–Crippen LogP) is 4.21. The van der Waals surface area contributed by atoms with E-state index in [9.17, 15) is 9.59 Å². The van der Waals surface area contributed by atoms with Crippen molar-refractivity contribution in [3.05, 3.63) is 0 Å². The molecule has 0 bridgehead atoms. The summed E-state index contributed by atoms with van der Waals surface area (Å²) in [6.45, 7) is 17.1. The number of nitrogens with zero attached hydrogens (tertiary/aromatic N) is 1. The Morgan fingerprint density at radius 1 is 1.00 bits per heavy atom. The number of hydrogen-bond donors (Lipinski definition) is 0. The van der Waals surface area contributed by atoms with Crippen LogP contribution < -0.4 is 0 Å². The average Bonchev–Trinajstić information content (AvgIpc) is 2.38. The molecule has 4 nitrogen and oxygen atoms in total. The van der Waals surface area contributed by atoms with Crippen LogP contribution in [0.2, 0.25) is 0 Å². The standard InChI is InChI=1S/C19H37NO3/c1-15(2)20(14-18(4,5)6)17(22)12-10-9-11-13-23-19(7,8)16(3)21/h15H,9-14H2,1-8H3. The zero-order chi connectivity index (χ0) is 18.3. The molecule has 0 heterocycles. The molecular formula is C19H37NO3. The molecule has 0 unspecified atom stereocenters. The second kappa shape index (κ2) is 9.41. The molecule has 0 rings (SSSR count). The molecule has 0 spiro atoms. The second-order valence-corrected chi connectivity index (χ2v) is 8.40. The molecule has 0 aromatic heterocycles. The lowest BCUT2D eigenvalue weighted by molar-refractivity contribution is -0.138. The van der Waals surface area contributed by atoms with Gasteiger partial charge in [0.1, 0.15) is 5.60 Å². The molecule has 0 saturated heterocycles. The van der Waals surface area contributed by atoms with Gasteiger partial charge in [-0.2, -0.15) is 0 Å². The molecule has 0 saturated carbocycles. The number of hydrogen-bond acceptors (Lipinski definition) is 3. The molecule has 0 fully saturated rings. The summed E-state index contributed by atoms with van der Waals surface area (Å²) < 4.78 is 5.60. The lowest BCUT2D eigenvalue weighted by atomic mass is 9.95. The molecule has 0 atom stereocenters. The van der Waals surface area contributed by atoms with E-state index in [-0.39, 0.29) is 23.1 Å². The van der Waals surface area contributed by atoms with Crippen molar-refractivity contribution in [2.45, 2.75) is 92.7 Å². The highest BCUT2D eigenvalue weighted by Crippen LogP contribution is 2.19. The minimum atomic E-state index is -0.697. The monoisotopic (exact) mass is 327 g/mol. The third-order valence-electron chi connectivity index (χ3n) is 3.93. The Morgan fingerprint density at radius 3 is 2.00 bits per heavy atom. The van der Waals surface area contributed by atoms with Gasteiger partial charge in [0.25, 0.3) is 0 Å². The van der Waals surface area contributed by atoms with Crippen LogP contribution in [-0.2, 0) is 14.3 Å². The summed E-state index contributed by atoms with van der Waals surface area (Å²) in [6, 6.07) is 0.237. The van der Waals surface area contributed by atoms with Crippen molar-refractivity contribution < 1.29 is 14.3 Å². The van der Waals surface area contributed by atoms with E-state index in [4.69, 9.17) is 4.74 Å². The third kappa shape index (κ3) is 9.75. The van der Waals surface area contributed by atoms with Gasteiger partial charge in [0.15, 0.2) is 5.78 Å². The van der Waals surface area contributed by atoms with Crippen molar-refractivity contribution in [3.63, 3.8) is 0 Å². The first-order valence-electron chi connectivity index (χ1n) is 8.81. The van der Waals surface area contributed by atoms with Crippen LogP contribution in [0.15, 0.2) is 0 Å². The molecule has 0 aromatic carbocycles. The van der Waals surface area contributed by atoms with Crippen molar-refractivity contribution in [2.75, 3.05) is 13.2 Å². The summed E-state index contributed by atoms with van der Waals surface area (Å²) in [5, 5.41) is 0. The minimum Gasteiger partial charge on any atom is -0.368 e. The highest BCUT2D eigenvalue weighted by molar-refractivity contribution is 5.83. The van der Waals surface area contributed by atoms with Gasteiger partial charge in [-0.15, -0.1) is 0 Å². The fraction of sp³-hybridized carbons (Fsp3) is 0.895. The first kappa shape index (κ1) is 22.1. The van der Waals surface area contributed by atoms with Crippen LogP contribution in [-0.4, -0.2) is 41.4 Å². The zero-order valence-corrected chi connectivity index (χ0v) is 16.5. The molecular weight excluding hydrogens is 290 g/mol. The van der Waals surface area contributed by atoms with Gasteiger partial charge in [-0.3, -0.25) is 9.59 Å². The van der Waals surface area contributed by atoms with E-state index in [1.807, 2.05) is 4.90 Å². The van der Waals surface area contributed by atoms with Crippen LogP contribution in [0.1, 0.15) is 81.1 Å². The molecule has 1 amide bonds.